The number of carbonyl (C=O) groups is 2. The van der Waals surface area contributed by atoms with Crippen LogP contribution < -0.4 is 5.32 Å². The minimum atomic E-state index is -0.237. The van der Waals surface area contributed by atoms with Gasteiger partial charge in [-0.25, -0.2) is 0 Å². The van der Waals surface area contributed by atoms with Crippen LogP contribution in [0.4, 0.5) is 5.69 Å². The lowest BCUT2D eigenvalue weighted by molar-refractivity contribution is -0.112. The first-order valence-electron chi connectivity index (χ1n) is 7.00. The molecule has 0 heterocycles. The van der Waals surface area contributed by atoms with Crippen LogP contribution in [0.1, 0.15) is 22.8 Å². The van der Waals surface area contributed by atoms with Crippen molar-refractivity contribution >= 4 is 39.4 Å². The van der Waals surface area contributed by atoms with Crippen LogP contribution in [0, 0.1) is 0 Å². The zero-order valence-corrected chi connectivity index (χ0v) is 14.3. The van der Waals surface area contributed by atoms with Crippen LogP contribution >= 0.6 is 15.9 Å². The van der Waals surface area contributed by atoms with Crippen molar-refractivity contribution < 1.29 is 9.59 Å². The number of rotatable bonds is 5. The summed E-state index contributed by atoms with van der Waals surface area (Å²) in [6.45, 7) is 5.22. The average Bonchev–Trinajstić information content (AvgIpc) is 2.54. The van der Waals surface area contributed by atoms with E-state index in [1.54, 1.807) is 37.3 Å². The number of nitrogens with one attached hydrogen (secondary N) is 1. The molecule has 0 unspecified atom stereocenters. The molecule has 1 N–H and O–H groups in total. The Labute approximate surface area is 143 Å². The molecule has 0 spiro atoms. The Morgan fingerprint density at radius 3 is 2.22 bits per heavy atom. The molecule has 0 radical (unpaired) electrons. The zero-order chi connectivity index (χ0) is 16.8. The number of carbonyl (C=O) groups excluding carboxylic acids is 2. The van der Waals surface area contributed by atoms with E-state index >= 15 is 0 Å². The summed E-state index contributed by atoms with van der Waals surface area (Å²) in [5, 5.41) is 2.70. The molecule has 0 saturated heterocycles. The van der Waals surface area contributed by atoms with E-state index < -0.39 is 0 Å². The summed E-state index contributed by atoms with van der Waals surface area (Å²) in [6, 6.07) is 14.4. The number of benzene rings is 2. The van der Waals surface area contributed by atoms with Gasteiger partial charge in [0.1, 0.15) is 0 Å². The van der Waals surface area contributed by atoms with E-state index in [0.717, 1.165) is 10.0 Å². The van der Waals surface area contributed by atoms with Crippen molar-refractivity contribution in [3.63, 3.8) is 0 Å². The first-order chi connectivity index (χ1) is 11.0. The van der Waals surface area contributed by atoms with E-state index in [1.165, 1.54) is 6.08 Å². The Bertz CT molecular complexity index is 759. The van der Waals surface area contributed by atoms with Gasteiger partial charge in [0.25, 0.3) is 5.91 Å². The zero-order valence-electron chi connectivity index (χ0n) is 12.7. The fourth-order valence-electron chi connectivity index (χ4n) is 1.80. The lowest BCUT2D eigenvalue weighted by Crippen LogP contribution is -2.11. The van der Waals surface area contributed by atoms with Gasteiger partial charge in [0.15, 0.2) is 5.78 Å². The third kappa shape index (κ3) is 5.04. The number of hydrogen-bond donors (Lipinski definition) is 1. The van der Waals surface area contributed by atoms with Gasteiger partial charge in [0.2, 0.25) is 0 Å². The van der Waals surface area contributed by atoms with Gasteiger partial charge < -0.3 is 5.32 Å². The lowest BCUT2D eigenvalue weighted by atomic mass is 10.1. The van der Waals surface area contributed by atoms with Crippen molar-refractivity contribution in [2.45, 2.75) is 6.92 Å². The van der Waals surface area contributed by atoms with Crippen LogP contribution in [0.25, 0.3) is 6.08 Å². The van der Waals surface area contributed by atoms with Crippen LogP contribution in [-0.2, 0) is 4.79 Å². The first-order valence-corrected chi connectivity index (χ1v) is 7.80. The quantitative estimate of drug-likeness (QED) is 0.604. The number of allylic oxidation sites excluding steroid dienone is 1. The van der Waals surface area contributed by atoms with Crippen molar-refractivity contribution in [3.05, 3.63) is 82.4 Å². The average molecular weight is 370 g/mol. The summed E-state index contributed by atoms with van der Waals surface area (Å²) in [4.78, 5) is 23.7. The summed E-state index contributed by atoms with van der Waals surface area (Å²) in [6.07, 6.45) is 3.30. The molecule has 4 heteroatoms. The molecule has 0 bridgehead atoms. The predicted octanol–water partition coefficient (Wildman–Crippen LogP) is 4.86. The smallest absolute Gasteiger partial charge is 0.250 e. The topological polar surface area (TPSA) is 46.2 Å². The molecular formula is C19H16BrNO2. The molecular weight excluding hydrogens is 354 g/mol. The van der Waals surface area contributed by atoms with E-state index in [1.807, 2.05) is 24.3 Å². The molecule has 3 nitrogen and oxygen atoms in total. The predicted molar refractivity (Wildman–Crippen MR) is 97.4 cm³/mol. The van der Waals surface area contributed by atoms with Crippen molar-refractivity contribution in [2.24, 2.45) is 0 Å². The summed E-state index contributed by atoms with van der Waals surface area (Å²) in [7, 11) is 0. The van der Waals surface area contributed by atoms with E-state index in [9.17, 15) is 9.59 Å². The number of amides is 1. The Hall–Kier alpha value is -2.46. The molecule has 0 aromatic heterocycles. The van der Waals surface area contributed by atoms with Gasteiger partial charge in [0.05, 0.1) is 0 Å². The van der Waals surface area contributed by atoms with Crippen molar-refractivity contribution in [3.8, 4) is 0 Å². The summed E-state index contributed by atoms with van der Waals surface area (Å²) < 4.78 is 0.994. The second-order valence-corrected chi connectivity index (χ2v) is 5.98. The van der Waals surface area contributed by atoms with Crippen molar-refractivity contribution in [2.75, 3.05) is 5.32 Å². The molecule has 0 aliphatic rings. The number of hydrogen-bond acceptors (Lipinski definition) is 2. The molecule has 2 aromatic rings. The fraction of sp³-hybridized carbons (Fsp3) is 0.0526. The Morgan fingerprint density at radius 1 is 1.04 bits per heavy atom. The fourth-order valence-corrected chi connectivity index (χ4v) is 2.06. The maximum absolute atomic E-state index is 12.1. The van der Waals surface area contributed by atoms with Gasteiger partial charge in [-0.3, -0.25) is 9.59 Å². The highest BCUT2D eigenvalue weighted by Crippen LogP contribution is 2.14. The molecule has 0 aliphatic heterocycles. The van der Waals surface area contributed by atoms with E-state index in [-0.39, 0.29) is 11.7 Å². The molecule has 0 saturated carbocycles. The summed E-state index contributed by atoms with van der Waals surface area (Å²) in [5.41, 5.74) is 2.58. The van der Waals surface area contributed by atoms with Crippen LogP contribution in [0.5, 0.6) is 0 Å². The maximum atomic E-state index is 12.1. The van der Waals surface area contributed by atoms with Crippen molar-refractivity contribution in [1.29, 1.82) is 0 Å². The standard InChI is InChI=1S/C19H16BrNO2/c1-13(2)19(23)21-17-10-6-15(7-11-17)18(22)12-5-14-3-8-16(20)9-4-14/h3-12H,1H2,2H3,(H,21,23). The molecule has 1 amide bonds. The SMILES string of the molecule is C=C(C)C(=O)Nc1ccc(C(=O)C=Cc2ccc(Br)cc2)cc1. The summed E-state index contributed by atoms with van der Waals surface area (Å²) >= 11 is 3.37. The highest BCUT2D eigenvalue weighted by Gasteiger charge is 2.05. The molecule has 23 heavy (non-hydrogen) atoms. The number of halogens is 1. The van der Waals surface area contributed by atoms with Crippen LogP contribution in [0.3, 0.4) is 0 Å². The largest absolute Gasteiger partial charge is 0.322 e. The maximum Gasteiger partial charge on any atom is 0.250 e. The van der Waals surface area contributed by atoms with Crippen LogP contribution in [0.15, 0.2) is 71.2 Å². The molecule has 2 rings (SSSR count). The monoisotopic (exact) mass is 369 g/mol. The Balaban J connectivity index is 2.04. The normalized spacial score (nSPS) is 10.5. The number of anilines is 1. The van der Waals surface area contributed by atoms with E-state index in [4.69, 9.17) is 0 Å². The van der Waals surface area contributed by atoms with Gasteiger partial charge in [-0.2, -0.15) is 0 Å². The molecule has 0 aliphatic carbocycles. The van der Waals surface area contributed by atoms with Crippen LogP contribution in [0.2, 0.25) is 0 Å². The number of ketones is 1. The molecule has 116 valence electrons. The third-order valence-corrected chi connectivity index (χ3v) is 3.64. The van der Waals surface area contributed by atoms with Gasteiger partial charge in [-0.05, 0) is 55.0 Å². The highest BCUT2D eigenvalue weighted by molar-refractivity contribution is 9.10. The minimum absolute atomic E-state index is 0.0919. The molecule has 0 atom stereocenters. The van der Waals surface area contributed by atoms with E-state index in [0.29, 0.717) is 16.8 Å². The van der Waals surface area contributed by atoms with Gasteiger partial charge >= 0.3 is 0 Å². The highest BCUT2D eigenvalue weighted by atomic mass is 79.9. The summed E-state index contributed by atoms with van der Waals surface area (Å²) in [5.74, 6) is -0.329. The van der Waals surface area contributed by atoms with E-state index in [2.05, 4.69) is 27.8 Å². The van der Waals surface area contributed by atoms with Crippen molar-refractivity contribution in [1.82, 2.24) is 0 Å². The third-order valence-electron chi connectivity index (χ3n) is 3.11. The second-order valence-electron chi connectivity index (χ2n) is 5.06. The Morgan fingerprint density at radius 2 is 1.65 bits per heavy atom. The lowest BCUT2D eigenvalue weighted by Gasteiger charge is -2.05. The first kappa shape index (κ1) is 16.9. The second kappa shape index (κ2) is 7.70. The minimum Gasteiger partial charge on any atom is -0.322 e. The Kier molecular flexibility index (Phi) is 5.66. The van der Waals surface area contributed by atoms with Gasteiger partial charge in [-0.1, -0.05) is 40.7 Å². The van der Waals surface area contributed by atoms with Crippen LogP contribution in [-0.4, -0.2) is 11.7 Å². The molecule has 2 aromatic carbocycles. The van der Waals surface area contributed by atoms with Gasteiger partial charge in [0, 0.05) is 21.3 Å². The molecule has 0 fully saturated rings. The van der Waals surface area contributed by atoms with Gasteiger partial charge in [-0.15, -0.1) is 0 Å².